The van der Waals surface area contributed by atoms with Gasteiger partial charge >= 0.3 is 21.0 Å². The van der Waals surface area contributed by atoms with Crippen molar-refractivity contribution in [3.63, 3.8) is 0 Å². The van der Waals surface area contributed by atoms with Crippen molar-refractivity contribution < 1.29 is 31.1 Å². The van der Waals surface area contributed by atoms with E-state index < -0.39 is 54.9 Å². The van der Waals surface area contributed by atoms with Crippen LogP contribution < -0.4 is 22.9 Å². The van der Waals surface area contributed by atoms with Gasteiger partial charge in [-0.05, 0) is 48.2 Å². The fourth-order valence-electron chi connectivity index (χ4n) is 3.28. The molecule has 0 aliphatic heterocycles. The number of anilines is 4. The minimum Gasteiger partial charge on any atom is -0.398 e. The number of nitrogen functional groups attached to an aromatic ring is 4. The van der Waals surface area contributed by atoms with Crippen LogP contribution in [0.25, 0.3) is 0 Å². The third kappa shape index (κ3) is 6.37. The van der Waals surface area contributed by atoms with Crippen LogP contribution in [0.1, 0.15) is 22.3 Å². The minimum absolute atomic E-state index is 0.0800. The molecule has 35 heavy (non-hydrogen) atoms. The molecule has 196 valence electrons. The van der Waals surface area contributed by atoms with Gasteiger partial charge in [0, 0.05) is 22.7 Å². The zero-order valence-corrected chi connectivity index (χ0v) is 20.7. The number of hydrogen-bond acceptors (Lipinski definition) is 5. The van der Waals surface area contributed by atoms with Crippen molar-refractivity contribution in [1.82, 2.24) is 0 Å². The Hall–Kier alpha value is -1.66. The second kappa shape index (κ2) is 10.4. The van der Waals surface area contributed by atoms with E-state index in [0.717, 1.165) is 24.3 Å². The highest BCUT2D eigenvalue weighted by atomic mass is 35.5. The molecule has 0 aliphatic rings. The zero-order valence-electron chi connectivity index (χ0n) is 17.6. The van der Waals surface area contributed by atoms with E-state index in [0.29, 0.717) is 11.1 Å². The Morgan fingerprint density at radius 3 is 1.06 bits per heavy atom. The van der Waals surface area contributed by atoms with Crippen LogP contribution in [-0.2, 0) is 29.4 Å². The van der Waals surface area contributed by atoms with E-state index in [4.69, 9.17) is 74.1 Å². The first-order valence-corrected chi connectivity index (χ1v) is 11.2. The molecular weight excluding hydrogens is 568 g/mol. The van der Waals surface area contributed by atoms with Gasteiger partial charge in [0.2, 0.25) is 0 Å². The van der Waals surface area contributed by atoms with Crippen LogP contribution in [0.15, 0.2) is 24.3 Å². The number of ether oxygens (including phenoxy) is 1. The van der Waals surface area contributed by atoms with Crippen molar-refractivity contribution in [3.05, 3.63) is 46.5 Å². The summed E-state index contributed by atoms with van der Waals surface area (Å²) in [6, 6.07) is 4.62. The van der Waals surface area contributed by atoms with Crippen molar-refractivity contribution in [1.29, 1.82) is 0 Å². The summed E-state index contributed by atoms with van der Waals surface area (Å²) < 4.78 is 81.1. The lowest BCUT2D eigenvalue weighted by Crippen LogP contribution is -2.33. The predicted molar refractivity (Wildman–Crippen MR) is 128 cm³/mol. The Morgan fingerprint density at radius 2 is 0.829 bits per heavy atom. The standard InChI is InChI=1S/C20H20Cl4F6N4O/c21-19(22,29)17(25,26)15-11(31)5-9(6-12(15)32)1-3-35-4-2-10-7-13(33)16(14(34)8-10)18(27,28)20(23,24)30/h5-8H,1-4,31-34H2. The van der Waals surface area contributed by atoms with Crippen molar-refractivity contribution in [3.8, 4) is 0 Å². The monoisotopic (exact) mass is 586 g/mol. The molecule has 0 aliphatic carbocycles. The molecule has 15 heteroatoms. The summed E-state index contributed by atoms with van der Waals surface area (Å²) in [7, 11) is 0. The van der Waals surface area contributed by atoms with Crippen LogP contribution in [0.3, 0.4) is 0 Å². The van der Waals surface area contributed by atoms with Gasteiger partial charge in [-0.25, -0.2) is 8.78 Å². The lowest BCUT2D eigenvalue weighted by Gasteiger charge is -2.26. The summed E-state index contributed by atoms with van der Waals surface area (Å²) >= 11 is 19.7. The molecule has 0 bridgehead atoms. The fraction of sp³-hybridized carbons (Fsp3) is 0.400. The van der Waals surface area contributed by atoms with Crippen LogP contribution in [0.5, 0.6) is 0 Å². The fourth-order valence-corrected chi connectivity index (χ4v) is 3.66. The Balaban J connectivity index is 2.01. The Bertz CT molecular complexity index is 947. The molecule has 5 nitrogen and oxygen atoms in total. The summed E-state index contributed by atoms with van der Waals surface area (Å²) in [5.41, 5.74) is 19.1. The highest BCUT2D eigenvalue weighted by Crippen LogP contribution is 2.52. The third-order valence-corrected chi connectivity index (χ3v) is 5.88. The summed E-state index contributed by atoms with van der Waals surface area (Å²) in [4.78, 5) is 0. The summed E-state index contributed by atoms with van der Waals surface area (Å²) in [5, 5.41) is 0. The number of rotatable bonds is 10. The smallest absolute Gasteiger partial charge is 0.338 e. The molecule has 0 unspecified atom stereocenters. The molecule has 0 radical (unpaired) electrons. The molecule has 0 atom stereocenters. The molecule has 0 aromatic heterocycles. The molecule has 8 N–H and O–H groups in total. The predicted octanol–water partition coefficient (Wildman–Crippen LogP) is 6.20. The van der Waals surface area contributed by atoms with E-state index in [-0.39, 0.29) is 26.1 Å². The van der Waals surface area contributed by atoms with E-state index in [1.54, 1.807) is 0 Å². The van der Waals surface area contributed by atoms with Gasteiger partial charge in [0.25, 0.3) is 0 Å². The second-order valence-electron chi connectivity index (χ2n) is 7.56. The highest BCUT2D eigenvalue weighted by Gasteiger charge is 2.57. The molecule has 0 amide bonds. The molecule has 0 saturated carbocycles. The van der Waals surface area contributed by atoms with Gasteiger partial charge in [-0.3, -0.25) is 0 Å². The second-order valence-corrected chi connectivity index (χ2v) is 10.0. The Labute approximate surface area is 216 Å². The zero-order chi connectivity index (χ0) is 27.0. The van der Waals surface area contributed by atoms with Crippen molar-refractivity contribution in [2.75, 3.05) is 36.1 Å². The molecule has 0 fully saturated rings. The number of halogens is 10. The highest BCUT2D eigenvalue weighted by molar-refractivity contribution is 6.48. The molecule has 2 rings (SSSR count). The maximum absolute atomic E-state index is 14.1. The average molecular weight is 588 g/mol. The maximum atomic E-state index is 14.1. The number of alkyl halides is 10. The number of benzene rings is 2. The summed E-state index contributed by atoms with van der Waals surface area (Å²) in [5.74, 6) is -8.72. The normalized spacial score (nSPS) is 13.3. The van der Waals surface area contributed by atoms with Crippen LogP contribution in [-0.4, -0.2) is 22.4 Å². The Kier molecular flexibility index (Phi) is 8.76. The van der Waals surface area contributed by atoms with Crippen molar-refractivity contribution in [2.45, 2.75) is 33.9 Å². The van der Waals surface area contributed by atoms with E-state index in [1.807, 2.05) is 0 Å². The van der Waals surface area contributed by atoms with Gasteiger partial charge in [-0.1, -0.05) is 46.4 Å². The quantitative estimate of drug-likeness (QED) is 0.114. The summed E-state index contributed by atoms with van der Waals surface area (Å²) in [6.45, 7) is 0.160. The van der Waals surface area contributed by atoms with Gasteiger partial charge in [-0.15, -0.1) is 0 Å². The first-order chi connectivity index (χ1) is 15.8. The third-order valence-electron chi connectivity index (χ3n) is 4.93. The van der Waals surface area contributed by atoms with E-state index >= 15 is 0 Å². The van der Waals surface area contributed by atoms with E-state index in [9.17, 15) is 26.3 Å². The summed E-state index contributed by atoms with van der Waals surface area (Å²) in [6.07, 6.45) is 0.366. The van der Waals surface area contributed by atoms with Gasteiger partial charge in [0.05, 0.1) is 24.3 Å². The Morgan fingerprint density at radius 1 is 0.571 bits per heavy atom. The van der Waals surface area contributed by atoms with E-state index in [1.165, 1.54) is 0 Å². The van der Waals surface area contributed by atoms with Crippen LogP contribution in [0.2, 0.25) is 0 Å². The molecular formula is C20H20Cl4F6N4O. The first-order valence-electron chi connectivity index (χ1n) is 9.64. The van der Waals surface area contributed by atoms with Crippen molar-refractivity contribution >= 4 is 69.2 Å². The largest absolute Gasteiger partial charge is 0.398 e. The molecule has 0 spiro atoms. The maximum Gasteiger partial charge on any atom is 0.338 e. The van der Waals surface area contributed by atoms with Crippen LogP contribution in [0, 0.1) is 0 Å². The number of nitrogens with two attached hydrogens (primary N) is 4. The SMILES string of the molecule is Nc1cc(CCOCCc2cc(N)c(C(F)(F)C(F)(Cl)Cl)c(N)c2)cc(N)c1C(F)(F)C(F)(Cl)Cl. The minimum atomic E-state index is -4.36. The molecule has 2 aromatic rings. The number of hydrogen-bond donors (Lipinski definition) is 4. The first kappa shape index (κ1) is 29.6. The van der Waals surface area contributed by atoms with Gasteiger partial charge in [0.15, 0.2) is 0 Å². The van der Waals surface area contributed by atoms with Crippen LogP contribution >= 0.6 is 46.4 Å². The lowest BCUT2D eigenvalue weighted by molar-refractivity contribution is -0.0639. The van der Waals surface area contributed by atoms with E-state index in [2.05, 4.69) is 0 Å². The lowest BCUT2D eigenvalue weighted by atomic mass is 10.00. The topological polar surface area (TPSA) is 113 Å². The molecule has 2 aromatic carbocycles. The molecule has 0 heterocycles. The van der Waals surface area contributed by atoms with Crippen molar-refractivity contribution in [2.24, 2.45) is 0 Å². The van der Waals surface area contributed by atoms with Crippen LogP contribution in [0.4, 0.5) is 49.1 Å². The average Bonchev–Trinajstić information content (AvgIpc) is 2.64. The molecule has 0 saturated heterocycles. The van der Waals surface area contributed by atoms with Gasteiger partial charge in [0.1, 0.15) is 0 Å². The van der Waals surface area contributed by atoms with Gasteiger partial charge < -0.3 is 27.7 Å². The van der Waals surface area contributed by atoms with Gasteiger partial charge in [-0.2, -0.15) is 17.6 Å².